The highest BCUT2D eigenvalue weighted by atomic mass is 19.1. The van der Waals surface area contributed by atoms with E-state index in [1.54, 1.807) is 6.07 Å². The average molecular weight is 195 g/mol. The highest BCUT2D eigenvalue weighted by molar-refractivity contribution is 5.40. The van der Waals surface area contributed by atoms with E-state index in [0.29, 0.717) is 5.75 Å². The minimum atomic E-state index is -0.196. The van der Waals surface area contributed by atoms with E-state index in [4.69, 9.17) is 4.74 Å². The third-order valence-electron chi connectivity index (χ3n) is 2.76. The number of fused-ring (bicyclic) bond motifs is 1. The van der Waals surface area contributed by atoms with Gasteiger partial charge < -0.3 is 10.1 Å². The van der Waals surface area contributed by atoms with Crippen LogP contribution >= 0.6 is 0 Å². The second kappa shape index (κ2) is 3.58. The fourth-order valence-corrected chi connectivity index (χ4v) is 1.96. The van der Waals surface area contributed by atoms with E-state index in [1.807, 2.05) is 13.0 Å². The molecule has 76 valence electrons. The molecule has 0 fully saturated rings. The molecule has 0 aliphatic carbocycles. The van der Waals surface area contributed by atoms with Crippen LogP contribution in [0.2, 0.25) is 0 Å². The minimum Gasteiger partial charge on any atom is -0.494 e. The summed E-state index contributed by atoms with van der Waals surface area (Å²) in [6.07, 6.45) is 0.739. The van der Waals surface area contributed by atoms with Gasteiger partial charge in [0.2, 0.25) is 0 Å². The van der Waals surface area contributed by atoms with Crippen molar-refractivity contribution < 1.29 is 9.13 Å². The Bertz CT molecular complexity index is 351. The van der Waals surface area contributed by atoms with Crippen LogP contribution in [0.4, 0.5) is 4.39 Å². The van der Waals surface area contributed by atoms with Crippen LogP contribution in [-0.2, 0) is 6.42 Å². The topological polar surface area (TPSA) is 21.3 Å². The summed E-state index contributed by atoms with van der Waals surface area (Å²) in [7, 11) is 1.50. The molecule has 0 saturated heterocycles. The Morgan fingerprint density at radius 1 is 1.50 bits per heavy atom. The fraction of sp³-hybridized carbons (Fsp3) is 0.455. The highest BCUT2D eigenvalue weighted by Crippen LogP contribution is 2.29. The Morgan fingerprint density at radius 2 is 2.29 bits per heavy atom. The first kappa shape index (κ1) is 9.46. The van der Waals surface area contributed by atoms with Crippen molar-refractivity contribution in [2.45, 2.75) is 19.4 Å². The molecular weight excluding hydrogens is 181 g/mol. The zero-order chi connectivity index (χ0) is 10.1. The Kier molecular flexibility index (Phi) is 2.42. The van der Waals surface area contributed by atoms with Gasteiger partial charge in [-0.1, -0.05) is 6.07 Å². The fourth-order valence-electron chi connectivity index (χ4n) is 1.96. The van der Waals surface area contributed by atoms with E-state index >= 15 is 0 Å². The van der Waals surface area contributed by atoms with E-state index in [9.17, 15) is 4.39 Å². The van der Waals surface area contributed by atoms with Crippen LogP contribution in [-0.4, -0.2) is 13.7 Å². The lowest BCUT2D eigenvalue weighted by Crippen LogP contribution is -2.28. The highest BCUT2D eigenvalue weighted by Gasteiger charge is 2.20. The van der Waals surface area contributed by atoms with Gasteiger partial charge in [-0.05, 0) is 37.1 Å². The molecule has 2 nitrogen and oxygen atoms in total. The maximum Gasteiger partial charge on any atom is 0.168 e. The lowest BCUT2D eigenvalue weighted by molar-refractivity contribution is 0.380. The zero-order valence-electron chi connectivity index (χ0n) is 8.43. The summed E-state index contributed by atoms with van der Waals surface area (Å²) in [5.41, 5.74) is 1.85. The van der Waals surface area contributed by atoms with Gasteiger partial charge in [-0.25, -0.2) is 4.39 Å². The summed E-state index contributed by atoms with van der Waals surface area (Å²) in [6.45, 7) is 2.88. The van der Waals surface area contributed by atoms with Gasteiger partial charge in [0.25, 0.3) is 0 Å². The number of halogens is 1. The van der Waals surface area contributed by atoms with Crippen molar-refractivity contribution >= 4 is 0 Å². The molecule has 0 bridgehead atoms. The third kappa shape index (κ3) is 1.38. The number of nitrogens with one attached hydrogen (secondary N) is 1. The van der Waals surface area contributed by atoms with Gasteiger partial charge in [0.1, 0.15) is 0 Å². The first-order valence-electron chi connectivity index (χ1n) is 4.82. The van der Waals surface area contributed by atoms with Crippen molar-refractivity contribution in [3.05, 3.63) is 29.1 Å². The van der Waals surface area contributed by atoms with Crippen molar-refractivity contribution in [1.82, 2.24) is 5.32 Å². The second-order valence-electron chi connectivity index (χ2n) is 3.58. The Hall–Kier alpha value is -1.09. The van der Waals surface area contributed by atoms with E-state index in [-0.39, 0.29) is 11.9 Å². The molecule has 0 radical (unpaired) electrons. The molecule has 1 aliphatic rings. The third-order valence-corrected chi connectivity index (χ3v) is 2.76. The number of ether oxygens (including phenoxy) is 1. The average Bonchev–Trinajstić information content (AvgIpc) is 2.20. The largest absolute Gasteiger partial charge is 0.494 e. The number of hydrogen-bond donors (Lipinski definition) is 1. The van der Waals surface area contributed by atoms with Gasteiger partial charge in [-0.15, -0.1) is 0 Å². The molecule has 0 aromatic heterocycles. The van der Waals surface area contributed by atoms with Crippen molar-refractivity contribution in [1.29, 1.82) is 0 Å². The molecule has 14 heavy (non-hydrogen) atoms. The van der Waals surface area contributed by atoms with E-state index in [2.05, 4.69) is 5.32 Å². The number of hydrogen-bond acceptors (Lipinski definition) is 2. The second-order valence-corrected chi connectivity index (χ2v) is 3.58. The molecule has 1 N–H and O–H groups in total. The molecular formula is C11H14FNO. The predicted molar refractivity (Wildman–Crippen MR) is 53.1 cm³/mol. The van der Waals surface area contributed by atoms with Gasteiger partial charge in [0, 0.05) is 6.04 Å². The standard InChI is InChI=1S/C11H14FNO/c1-7-8-3-4-10(14-2)11(12)9(8)5-6-13-7/h3-4,7,13H,5-6H2,1-2H3. The van der Waals surface area contributed by atoms with E-state index in [0.717, 1.165) is 24.1 Å². The first-order chi connectivity index (χ1) is 6.74. The van der Waals surface area contributed by atoms with Crippen LogP contribution in [0.25, 0.3) is 0 Å². The SMILES string of the molecule is COc1ccc2c(c1F)CCNC2C. The van der Waals surface area contributed by atoms with Crippen molar-refractivity contribution in [2.75, 3.05) is 13.7 Å². The molecule has 0 saturated carbocycles. The van der Waals surface area contributed by atoms with Crippen LogP contribution in [0.3, 0.4) is 0 Å². The minimum absolute atomic E-state index is 0.196. The normalized spacial score (nSPS) is 20.4. The summed E-state index contributed by atoms with van der Waals surface area (Å²) in [4.78, 5) is 0. The molecule has 0 spiro atoms. The molecule has 1 atom stereocenters. The summed E-state index contributed by atoms with van der Waals surface area (Å²) in [5.74, 6) is 0.149. The Morgan fingerprint density at radius 3 is 3.00 bits per heavy atom. The molecule has 1 aromatic carbocycles. The van der Waals surface area contributed by atoms with E-state index in [1.165, 1.54) is 7.11 Å². The summed E-state index contributed by atoms with van der Waals surface area (Å²) in [6, 6.07) is 3.87. The quantitative estimate of drug-likeness (QED) is 0.740. The van der Waals surface area contributed by atoms with Crippen LogP contribution in [0.1, 0.15) is 24.1 Å². The molecule has 1 aromatic rings. The Labute approximate surface area is 83.1 Å². The van der Waals surface area contributed by atoms with Gasteiger partial charge in [0.05, 0.1) is 7.11 Å². The van der Waals surface area contributed by atoms with Gasteiger partial charge in [-0.2, -0.15) is 0 Å². The summed E-state index contributed by atoms with van der Waals surface area (Å²) in [5, 5.41) is 3.30. The van der Waals surface area contributed by atoms with Crippen LogP contribution < -0.4 is 10.1 Å². The lowest BCUT2D eigenvalue weighted by Gasteiger charge is -2.24. The summed E-state index contributed by atoms with van der Waals surface area (Å²) < 4.78 is 18.7. The number of methoxy groups -OCH3 is 1. The molecule has 1 heterocycles. The number of rotatable bonds is 1. The maximum atomic E-state index is 13.8. The van der Waals surface area contributed by atoms with Gasteiger partial charge in [0.15, 0.2) is 11.6 Å². The first-order valence-corrected chi connectivity index (χ1v) is 4.82. The molecule has 2 rings (SSSR count). The van der Waals surface area contributed by atoms with Crippen molar-refractivity contribution in [3.8, 4) is 5.75 Å². The van der Waals surface area contributed by atoms with Gasteiger partial charge >= 0.3 is 0 Å². The van der Waals surface area contributed by atoms with Crippen LogP contribution in [0, 0.1) is 5.82 Å². The van der Waals surface area contributed by atoms with Crippen molar-refractivity contribution in [2.24, 2.45) is 0 Å². The molecule has 0 amide bonds. The maximum absolute atomic E-state index is 13.8. The van der Waals surface area contributed by atoms with Gasteiger partial charge in [-0.3, -0.25) is 0 Å². The Balaban J connectivity index is 2.52. The molecule has 1 aliphatic heterocycles. The molecule has 3 heteroatoms. The monoisotopic (exact) mass is 195 g/mol. The number of benzene rings is 1. The molecule has 1 unspecified atom stereocenters. The lowest BCUT2D eigenvalue weighted by atomic mass is 9.94. The predicted octanol–water partition coefficient (Wildman–Crippen LogP) is 2.04. The van der Waals surface area contributed by atoms with Crippen molar-refractivity contribution in [3.63, 3.8) is 0 Å². The zero-order valence-corrected chi connectivity index (χ0v) is 8.43. The smallest absolute Gasteiger partial charge is 0.168 e. The van der Waals surface area contributed by atoms with Crippen LogP contribution in [0.15, 0.2) is 12.1 Å². The van der Waals surface area contributed by atoms with Crippen LogP contribution in [0.5, 0.6) is 5.75 Å². The summed E-state index contributed by atoms with van der Waals surface area (Å²) >= 11 is 0. The van der Waals surface area contributed by atoms with E-state index < -0.39 is 0 Å².